The number of ether oxygens (including phenoxy) is 1. The molecule has 0 aliphatic heterocycles. The number of rotatable bonds is 6. The molecule has 0 aliphatic rings. The Kier molecular flexibility index (Phi) is 4.93. The molecule has 1 aromatic carbocycles. The molecule has 0 unspecified atom stereocenters. The van der Waals surface area contributed by atoms with Gasteiger partial charge in [0.15, 0.2) is 0 Å². The first-order valence-electron chi connectivity index (χ1n) is 6.50. The van der Waals surface area contributed by atoms with Gasteiger partial charge in [0.1, 0.15) is 12.4 Å². The van der Waals surface area contributed by atoms with Crippen LogP contribution in [0, 0.1) is 6.92 Å². The highest BCUT2D eigenvalue weighted by atomic mass is 32.1. The summed E-state index contributed by atoms with van der Waals surface area (Å²) in [4.78, 5) is 5.39. The van der Waals surface area contributed by atoms with Crippen molar-refractivity contribution in [2.24, 2.45) is 0 Å². The number of aromatic nitrogens is 1. The molecule has 2 rings (SSSR count). The summed E-state index contributed by atoms with van der Waals surface area (Å²) < 4.78 is 5.90. The van der Waals surface area contributed by atoms with Crippen molar-refractivity contribution in [1.82, 2.24) is 10.3 Å². The van der Waals surface area contributed by atoms with Crippen LogP contribution in [0.1, 0.15) is 29.3 Å². The van der Waals surface area contributed by atoms with Gasteiger partial charge in [-0.15, -0.1) is 11.3 Å². The number of nitrogens with one attached hydrogen (secondary N) is 1. The second kappa shape index (κ2) is 6.68. The van der Waals surface area contributed by atoms with Gasteiger partial charge in [-0.3, -0.25) is 0 Å². The van der Waals surface area contributed by atoms with Crippen LogP contribution in [0.25, 0.3) is 0 Å². The zero-order valence-electron chi connectivity index (χ0n) is 11.6. The van der Waals surface area contributed by atoms with Gasteiger partial charge in [-0.2, -0.15) is 0 Å². The van der Waals surface area contributed by atoms with Crippen molar-refractivity contribution < 1.29 is 4.74 Å². The van der Waals surface area contributed by atoms with Crippen LogP contribution in [0.4, 0.5) is 0 Å². The van der Waals surface area contributed by atoms with Gasteiger partial charge in [-0.05, 0) is 13.0 Å². The van der Waals surface area contributed by atoms with Crippen molar-refractivity contribution in [2.75, 3.05) is 0 Å². The zero-order chi connectivity index (χ0) is 13.7. The normalized spacial score (nSPS) is 10.9. The van der Waals surface area contributed by atoms with E-state index in [1.807, 2.05) is 31.3 Å². The molecule has 1 N–H and O–H groups in total. The Morgan fingerprint density at radius 3 is 2.79 bits per heavy atom. The SMILES string of the molecule is Cc1ncc(COc2ccccc2CNC(C)C)s1. The summed E-state index contributed by atoms with van der Waals surface area (Å²) in [6, 6.07) is 8.64. The number of aryl methyl sites for hydroxylation is 1. The maximum absolute atomic E-state index is 5.90. The molecule has 4 heteroatoms. The topological polar surface area (TPSA) is 34.1 Å². The Balaban J connectivity index is 1.99. The van der Waals surface area contributed by atoms with Gasteiger partial charge in [0.2, 0.25) is 0 Å². The predicted molar refractivity (Wildman–Crippen MR) is 79.6 cm³/mol. The van der Waals surface area contributed by atoms with Crippen molar-refractivity contribution in [3.8, 4) is 5.75 Å². The molecular formula is C15H20N2OS. The third-order valence-corrected chi connectivity index (χ3v) is 3.60. The minimum atomic E-state index is 0.470. The van der Waals surface area contributed by atoms with E-state index in [0.29, 0.717) is 12.6 Å². The van der Waals surface area contributed by atoms with Crippen LogP contribution in [0.2, 0.25) is 0 Å². The Bertz CT molecular complexity index is 522. The molecule has 0 amide bonds. The van der Waals surface area contributed by atoms with Gasteiger partial charge in [0.25, 0.3) is 0 Å². The number of hydrogen-bond acceptors (Lipinski definition) is 4. The Morgan fingerprint density at radius 1 is 1.32 bits per heavy atom. The van der Waals surface area contributed by atoms with Gasteiger partial charge < -0.3 is 10.1 Å². The predicted octanol–water partition coefficient (Wildman–Crippen LogP) is 3.53. The lowest BCUT2D eigenvalue weighted by Gasteiger charge is -2.13. The molecule has 0 spiro atoms. The number of thiazole rings is 1. The number of nitrogens with zero attached hydrogens (tertiary/aromatic N) is 1. The lowest BCUT2D eigenvalue weighted by atomic mass is 10.2. The van der Waals surface area contributed by atoms with Crippen LogP contribution in [-0.4, -0.2) is 11.0 Å². The first kappa shape index (κ1) is 14.0. The monoisotopic (exact) mass is 276 g/mol. The average Bonchev–Trinajstić information content (AvgIpc) is 2.80. The van der Waals surface area contributed by atoms with Crippen molar-refractivity contribution in [1.29, 1.82) is 0 Å². The number of benzene rings is 1. The molecule has 0 radical (unpaired) electrons. The molecule has 0 fully saturated rings. The number of hydrogen-bond donors (Lipinski definition) is 1. The maximum atomic E-state index is 5.90. The molecule has 102 valence electrons. The highest BCUT2D eigenvalue weighted by Crippen LogP contribution is 2.21. The molecule has 0 saturated heterocycles. The smallest absolute Gasteiger partial charge is 0.124 e. The summed E-state index contributed by atoms with van der Waals surface area (Å²) in [5.74, 6) is 0.946. The molecule has 3 nitrogen and oxygen atoms in total. The molecule has 1 heterocycles. The van der Waals surface area contributed by atoms with Gasteiger partial charge >= 0.3 is 0 Å². The Hall–Kier alpha value is -1.39. The summed E-state index contributed by atoms with van der Waals surface area (Å²) in [7, 11) is 0. The lowest BCUT2D eigenvalue weighted by Crippen LogP contribution is -2.22. The van der Waals surface area contributed by atoms with Crippen LogP contribution in [0.15, 0.2) is 30.5 Å². The van der Waals surface area contributed by atoms with E-state index < -0.39 is 0 Å². The summed E-state index contributed by atoms with van der Waals surface area (Å²) in [6.45, 7) is 7.71. The fraction of sp³-hybridized carbons (Fsp3) is 0.400. The molecule has 0 aliphatic carbocycles. The fourth-order valence-corrected chi connectivity index (χ4v) is 2.43. The molecule has 0 saturated carbocycles. The molecular weight excluding hydrogens is 256 g/mol. The van der Waals surface area contributed by atoms with Crippen LogP contribution < -0.4 is 10.1 Å². The molecule has 2 aromatic rings. The lowest BCUT2D eigenvalue weighted by molar-refractivity contribution is 0.305. The van der Waals surface area contributed by atoms with E-state index in [0.717, 1.165) is 22.2 Å². The van der Waals surface area contributed by atoms with E-state index >= 15 is 0 Å². The van der Waals surface area contributed by atoms with Gasteiger partial charge in [-0.25, -0.2) is 4.98 Å². The van der Waals surface area contributed by atoms with E-state index in [9.17, 15) is 0 Å². The van der Waals surface area contributed by atoms with E-state index in [2.05, 4.69) is 30.2 Å². The standard InChI is InChI=1S/C15H20N2OS/c1-11(2)16-8-13-6-4-5-7-15(13)18-10-14-9-17-12(3)19-14/h4-7,9,11,16H,8,10H2,1-3H3. The third kappa shape index (κ3) is 4.33. The van der Waals surface area contributed by atoms with Gasteiger partial charge in [0.05, 0.1) is 9.88 Å². The average molecular weight is 276 g/mol. The molecule has 0 bridgehead atoms. The number of para-hydroxylation sites is 1. The van der Waals surface area contributed by atoms with Crippen molar-refractivity contribution in [2.45, 2.75) is 40.0 Å². The summed E-state index contributed by atoms with van der Waals surface area (Å²) in [5.41, 5.74) is 1.19. The maximum Gasteiger partial charge on any atom is 0.124 e. The van der Waals surface area contributed by atoms with Crippen LogP contribution >= 0.6 is 11.3 Å². The Labute approximate surface area is 118 Å². The van der Waals surface area contributed by atoms with Crippen molar-refractivity contribution >= 4 is 11.3 Å². The largest absolute Gasteiger partial charge is 0.488 e. The fourth-order valence-electron chi connectivity index (χ4n) is 1.73. The minimum absolute atomic E-state index is 0.470. The first-order valence-corrected chi connectivity index (χ1v) is 7.32. The summed E-state index contributed by atoms with van der Waals surface area (Å²) in [5, 5.41) is 4.49. The molecule has 1 aromatic heterocycles. The zero-order valence-corrected chi connectivity index (χ0v) is 12.5. The van der Waals surface area contributed by atoms with Crippen molar-refractivity contribution in [3.05, 3.63) is 45.9 Å². The Morgan fingerprint density at radius 2 is 2.11 bits per heavy atom. The van der Waals surface area contributed by atoms with Crippen LogP contribution in [0.3, 0.4) is 0 Å². The highest BCUT2D eigenvalue weighted by Gasteiger charge is 2.05. The second-order valence-corrected chi connectivity index (χ2v) is 6.10. The van der Waals surface area contributed by atoms with Crippen molar-refractivity contribution in [3.63, 3.8) is 0 Å². The van der Waals surface area contributed by atoms with E-state index in [1.54, 1.807) is 11.3 Å². The van der Waals surface area contributed by atoms with E-state index in [1.165, 1.54) is 5.56 Å². The third-order valence-electron chi connectivity index (χ3n) is 2.71. The van der Waals surface area contributed by atoms with Crippen LogP contribution in [-0.2, 0) is 13.2 Å². The minimum Gasteiger partial charge on any atom is -0.488 e. The van der Waals surface area contributed by atoms with Gasteiger partial charge in [-0.1, -0.05) is 32.0 Å². The molecule has 19 heavy (non-hydrogen) atoms. The van der Waals surface area contributed by atoms with E-state index in [-0.39, 0.29) is 0 Å². The quantitative estimate of drug-likeness (QED) is 0.876. The summed E-state index contributed by atoms with van der Waals surface area (Å²) >= 11 is 1.68. The summed E-state index contributed by atoms with van der Waals surface area (Å²) in [6.07, 6.45) is 1.88. The second-order valence-electron chi connectivity index (χ2n) is 4.78. The van der Waals surface area contributed by atoms with Gasteiger partial charge in [0, 0.05) is 24.3 Å². The highest BCUT2D eigenvalue weighted by molar-refractivity contribution is 7.11. The first-order chi connectivity index (χ1) is 9.15. The van der Waals surface area contributed by atoms with Crippen LogP contribution in [0.5, 0.6) is 5.75 Å². The molecule has 0 atom stereocenters. The van der Waals surface area contributed by atoms with E-state index in [4.69, 9.17) is 4.74 Å².